The minimum atomic E-state index is -1.12. The molecule has 7 heteroatoms. The van der Waals surface area contributed by atoms with Crippen LogP contribution in [0.3, 0.4) is 0 Å². The normalized spacial score (nSPS) is 20.9. The molecule has 1 aliphatic heterocycles. The zero-order valence-corrected chi connectivity index (χ0v) is 13.5. The third kappa shape index (κ3) is 3.73. The molecule has 0 spiro atoms. The van der Waals surface area contributed by atoms with E-state index in [-0.39, 0.29) is 24.9 Å². The number of likely N-dealkylation sites (tertiary alicyclic amines) is 1. The van der Waals surface area contributed by atoms with Crippen LogP contribution < -0.4 is 4.74 Å². The highest BCUT2D eigenvalue weighted by Crippen LogP contribution is 2.24. The summed E-state index contributed by atoms with van der Waals surface area (Å²) in [5, 5.41) is 14.7. The molecule has 1 saturated heterocycles. The Morgan fingerprint density at radius 3 is 2.83 bits per heavy atom. The first-order chi connectivity index (χ1) is 11.5. The number of aliphatic hydroxyl groups is 1. The van der Waals surface area contributed by atoms with Gasteiger partial charge in [-0.15, -0.1) is 0 Å². The molecule has 1 N–H and O–H groups in total. The Hall–Kier alpha value is -2.41. The summed E-state index contributed by atoms with van der Waals surface area (Å²) < 4.78 is 20.0. The van der Waals surface area contributed by atoms with Crippen molar-refractivity contribution >= 4 is 5.91 Å². The Morgan fingerprint density at radius 1 is 1.42 bits per heavy atom. The molecule has 2 aromatic rings. The molecule has 2 heterocycles. The monoisotopic (exact) mass is 333 g/mol. The molecule has 1 aliphatic rings. The van der Waals surface area contributed by atoms with Crippen molar-refractivity contribution in [3.8, 4) is 5.75 Å². The maximum atomic E-state index is 12.9. The standard InChI is InChI=1S/C17H20FN3O3/c1-20-10-13(9-19-20)16(22)21-8-2-7-17(23,11-21)12-24-15-5-3-14(18)4-6-15/h3-6,9-10,23H,2,7-8,11-12H2,1H3. The predicted molar refractivity (Wildman–Crippen MR) is 85.2 cm³/mol. The number of carbonyl (C=O) groups excluding carboxylic acids is 1. The number of β-amino-alcohol motifs (C(OH)–C–C–N with tert-alkyl or cyclic N) is 1. The fourth-order valence-electron chi connectivity index (χ4n) is 2.87. The molecule has 24 heavy (non-hydrogen) atoms. The lowest BCUT2D eigenvalue weighted by atomic mass is 9.93. The topological polar surface area (TPSA) is 67.6 Å². The van der Waals surface area contributed by atoms with Crippen molar-refractivity contribution in [1.82, 2.24) is 14.7 Å². The number of benzene rings is 1. The number of carbonyl (C=O) groups is 1. The van der Waals surface area contributed by atoms with Gasteiger partial charge >= 0.3 is 0 Å². The Kier molecular flexibility index (Phi) is 4.53. The number of nitrogens with zero attached hydrogens (tertiary/aromatic N) is 3. The number of aryl methyl sites for hydroxylation is 1. The second-order valence-corrected chi connectivity index (χ2v) is 6.20. The Labute approximate surface area is 139 Å². The van der Waals surface area contributed by atoms with E-state index in [0.717, 1.165) is 0 Å². The summed E-state index contributed by atoms with van der Waals surface area (Å²) in [5.41, 5.74) is -0.619. The maximum absolute atomic E-state index is 12.9. The highest BCUT2D eigenvalue weighted by atomic mass is 19.1. The molecule has 1 amide bonds. The highest BCUT2D eigenvalue weighted by molar-refractivity contribution is 5.93. The number of hydrogen-bond acceptors (Lipinski definition) is 4. The van der Waals surface area contributed by atoms with Gasteiger partial charge in [0.1, 0.15) is 23.8 Å². The summed E-state index contributed by atoms with van der Waals surface area (Å²) in [6.07, 6.45) is 4.41. The Balaban J connectivity index is 1.63. The molecule has 0 aliphatic carbocycles. The molecule has 128 valence electrons. The zero-order chi connectivity index (χ0) is 17.2. The number of rotatable bonds is 4. The van der Waals surface area contributed by atoms with Gasteiger partial charge < -0.3 is 14.7 Å². The molecule has 0 radical (unpaired) electrons. The van der Waals surface area contributed by atoms with Crippen molar-refractivity contribution in [2.24, 2.45) is 7.05 Å². The lowest BCUT2D eigenvalue weighted by Crippen LogP contribution is -2.53. The van der Waals surface area contributed by atoms with Crippen LogP contribution in [0.1, 0.15) is 23.2 Å². The van der Waals surface area contributed by atoms with Crippen molar-refractivity contribution in [2.45, 2.75) is 18.4 Å². The molecule has 1 fully saturated rings. The first-order valence-electron chi connectivity index (χ1n) is 7.84. The number of hydrogen-bond donors (Lipinski definition) is 1. The van der Waals surface area contributed by atoms with Crippen LogP contribution >= 0.6 is 0 Å². The van der Waals surface area contributed by atoms with Crippen LogP contribution in [0.2, 0.25) is 0 Å². The molecule has 0 bridgehead atoms. The Bertz CT molecular complexity index is 716. The molecular weight excluding hydrogens is 313 g/mol. The van der Waals surface area contributed by atoms with Gasteiger partial charge in [-0.25, -0.2) is 4.39 Å². The quantitative estimate of drug-likeness (QED) is 0.923. The molecule has 1 aromatic carbocycles. The lowest BCUT2D eigenvalue weighted by Gasteiger charge is -2.38. The van der Waals surface area contributed by atoms with E-state index in [1.54, 1.807) is 22.8 Å². The number of aromatic nitrogens is 2. The van der Waals surface area contributed by atoms with Crippen molar-refractivity contribution in [2.75, 3.05) is 19.7 Å². The van der Waals surface area contributed by atoms with E-state index >= 15 is 0 Å². The smallest absolute Gasteiger partial charge is 0.257 e. The average Bonchev–Trinajstić information content (AvgIpc) is 3.00. The first kappa shape index (κ1) is 16.4. The maximum Gasteiger partial charge on any atom is 0.257 e. The van der Waals surface area contributed by atoms with Crippen LogP contribution in [-0.4, -0.2) is 51.0 Å². The second-order valence-electron chi connectivity index (χ2n) is 6.20. The van der Waals surface area contributed by atoms with Gasteiger partial charge in [-0.3, -0.25) is 9.48 Å². The fourth-order valence-corrected chi connectivity index (χ4v) is 2.87. The van der Waals surface area contributed by atoms with E-state index in [4.69, 9.17) is 4.74 Å². The zero-order valence-electron chi connectivity index (χ0n) is 13.5. The largest absolute Gasteiger partial charge is 0.491 e. The summed E-state index contributed by atoms with van der Waals surface area (Å²) in [6, 6.07) is 5.64. The minimum absolute atomic E-state index is 0.0510. The highest BCUT2D eigenvalue weighted by Gasteiger charge is 2.36. The molecule has 1 unspecified atom stereocenters. The van der Waals surface area contributed by atoms with Crippen LogP contribution in [0.15, 0.2) is 36.7 Å². The third-order valence-corrected chi connectivity index (χ3v) is 4.12. The van der Waals surface area contributed by atoms with Crippen molar-refractivity contribution < 1.29 is 19.0 Å². The summed E-state index contributed by atoms with van der Waals surface area (Å²) in [6.45, 7) is 0.837. The summed E-state index contributed by atoms with van der Waals surface area (Å²) in [5.74, 6) is -0.00416. The van der Waals surface area contributed by atoms with Gasteiger partial charge in [0.05, 0.1) is 18.3 Å². The second kappa shape index (κ2) is 6.60. The minimum Gasteiger partial charge on any atom is -0.491 e. The van der Waals surface area contributed by atoms with Gasteiger partial charge in [0.15, 0.2) is 0 Å². The summed E-state index contributed by atoms with van der Waals surface area (Å²) in [4.78, 5) is 14.1. The number of ether oxygens (including phenoxy) is 1. The van der Waals surface area contributed by atoms with Crippen molar-refractivity contribution in [1.29, 1.82) is 0 Å². The van der Waals surface area contributed by atoms with Gasteiger partial charge in [-0.2, -0.15) is 5.10 Å². The lowest BCUT2D eigenvalue weighted by molar-refractivity contribution is -0.0532. The van der Waals surface area contributed by atoms with Gasteiger partial charge in [0, 0.05) is 19.8 Å². The number of amides is 1. The van der Waals surface area contributed by atoms with Crippen LogP contribution in [0.5, 0.6) is 5.75 Å². The van der Waals surface area contributed by atoms with E-state index in [2.05, 4.69) is 5.10 Å². The van der Waals surface area contributed by atoms with Crippen LogP contribution in [0.4, 0.5) is 4.39 Å². The van der Waals surface area contributed by atoms with E-state index in [1.165, 1.54) is 30.5 Å². The van der Waals surface area contributed by atoms with Crippen LogP contribution in [-0.2, 0) is 7.05 Å². The van der Waals surface area contributed by atoms with E-state index < -0.39 is 5.60 Å². The van der Waals surface area contributed by atoms with Crippen LogP contribution in [0.25, 0.3) is 0 Å². The van der Waals surface area contributed by atoms with Gasteiger partial charge in [0.25, 0.3) is 5.91 Å². The van der Waals surface area contributed by atoms with Gasteiger partial charge in [-0.05, 0) is 37.1 Å². The van der Waals surface area contributed by atoms with Crippen molar-refractivity contribution in [3.63, 3.8) is 0 Å². The van der Waals surface area contributed by atoms with Gasteiger partial charge in [0.2, 0.25) is 0 Å². The molecule has 6 nitrogen and oxygen atoms in total. The SMILES string of the molecule is Cn1cc(C(=O)N2CCCC(O)(COc3ccc(F)cc3)C2)cn1. The van der Waals surface area contributed by atoms with Crippen molar-refractivity contribution in [3.05, 3.63) is 48.0 Å². The first-order valence-corrected chi connectivity index (χ1v) is 7.84. The van der Waals surface area contributed by atoms with E-state index in [1.807, 2.05) is 0 Å². The third-order valence-electron chi connectivity index (χ3n) is 4.12. The molecule has 3 rings (SSSR count). The number of piperidine rings is 1. The predicted octanol–water partition coefficient (Wildman–Crippen LogP) is 1.61. The van der Waals surface area contributed by atoms with Gasteiger partial charge in [-0.1, -0.05) is 0 Å². The fraction of sp³-hybridized carbons (Fsp3) is 0.412. The van der Waals surface area contributed by atoms with Crippen LogP contribution in [0, 0.1) is 5.82 Å². The average molecular weight is 333 g/mol. The number of halogens is 1. The molecule has 1 aromatic heterocycles. The summed E-state index contributed by atoms with van der Waals surface area (Å²) in [7, 11) is 1.75. The molecular formula is C17H20FN3O3. The summed E-state index contributed by atoms with van der Waals surface area (Å²) >= 11 is 0. The molecule has 1 atom stereocenters. The molecule has 0 saturated carbocycles. The van der Waals surface area contributed by atoms with E-state index in [9.17, 15) is 14.3 Å². The Morgan fingerprint density at radius 2 is 2.17 bits per heavy atom. The van der Waals surface area contributed by atoms with E-state index in [0.29, 0.717) is 30.7 Å².